The van der Waals surface area contributed by atoms with Crippen LogP contribution in [-0.2, 0) is 6.54 Å². The molecule has 0 bridgehead atoms. The molecule has 80 valence electrons. The molecule has 0 spiro atoms. The predicted octanol–water partition coefficient (Wildman–Crippen LogP) is 2.22. The first-order valence-electron chi connectivity index (χ1n) is 4.64. The fourth-order valence-electron chi connectivity index (χ4n) is 1.38. The van der Waals surface area contributed by atoms with E-state index in [9.17, 15) is 0 Å². The van der Waals surface area contributed by atoms with Crippen LogP contribution < -0.4 is 5.32 Å². The van der Waals surface area contributed by atoms with Crippen molar-refractivity contribution in [3.8, 4) is 11.4 Å². The average Bonchev–Trinajstić information content (AvgIpc) is 2.68. The molecule has 0 amide bonds. The van der Waals surface area contributed by atoms with Crippen molar-refractivity contribution >= 4 is 12.4 Å². The molecule has 0 saturated heterocycles. The molecule has 0 saturated carbocycles. The first-order valence-corrected chi connectivity index (χ1v) is 4.64. The van der Waals surface area contributed by atoms with Gasteiger partial charge in [0, 0.05) is 24.0 Å². The maximum atomic E-state index is 4.31. The lowest BCUT2D eigenvalue weighted by atomic mass is 10.2. The number of imidazole rings is 1. The van der Waals surface area contributed by atoms with Crippen LogP contribution in [0, 0.1) is 0 Å². The van der Waals surface area contributed by atoms with Crippen molar-refractivity contribution in [2.24, 2.45) is 0 Å². The fraction of sp³-hybridized carbons (Fsp3) is 0.182. The molecule has 15 heavy (non-hydrogen) atoms. The number of aromatic nitrogens is 2. The highest BCUT2D eigenvalue weighted by Crippen LogP contribution is 2.14. The molecule has 2 N–H and O–H groups in total. The highest BCUT2D eigenvalue weighted by atomic mass is 35.5. The van der Waals surface area contributed by atoms with Gasteiger partial charge in [0.1, 0.15) is 5.82 Å². The van der Waals surface area contributed by atoms with Gasteiger partial charge in [-0.2, -0.15) is 0 Å². The summed E-state index contributed by atoms with van der Waals surface area (Å²) in [5.41, 5.74) is 2.22. The molecule has 2 rings (SSSR count). The van der Waals surface area contributed by atoms with Crippen LogP contribution in [0.5, 0.6) is 0 Å². The van der Waals surface area contributed by atoms with Gasteiger partial charge >= 0.3 is 0 Å². The molecule has 0 unspecified atom stereocenters. The predicted molar refractivity (Wildman–Crippen MR) is 64.0 cm³/mol. The number of rotatable bonds is 3. The van der Waals surface area contributed by atoms with Crippen molar-refractivity contribution in [1.82, 2.24) is 15.3 Å². The number of hydrogen-bond acceptors (Lipinski definition) is 2. The molecule has 0 aliphatic carbocycles. The number of hydrogen-bond donors (Lipinski definition) is 2. The van der Waals surface area contributed by atoms with E-state index >= 15 is 0 Å². The topological polar surface area (TPSA) is 40.7 Å². The van der Waals surface area contributed by atoms with Gasteiger partial charge in [-0.3, -0.25) is 0 Å². The Morgan fingerprint density at radius 3 is 2.67 bits per heavy atom. The van der Waals surface area contributed by atoms with Gasteiger partial charge in [0.05, 0.1) is 0 Å². The molecule has 1 heterocycles. The summed E-state index contributed by atoms with van der Waals surface area (Å²) < 4.78 is 0. The molecule has 3 nitrogen and oxygen atoms in total. The van der Waals surface area contributed by atoms with E-state index in [0.717, 1.165) is 23.6 Å². The summed E-state index contributed by atoms with van der Waals surface area (Å²) >= 11 is 0. The maximum absolute atomic E-state index is 4.31. The monoisotopic (exact) mass is 223 g/mol. The third-order valence-corrected chi connectivity index (χ3v) is 2.04. The fourth-order valence-corrected chi connectivity index (χ4v) is 1.38. The van der Waals surface area contributed by atoms with Crippen LogP contribution in [-0.4, -0.2) is 17.0 Å². The third kappa shape index (κ3) is 2.81. The Morgan fingerprint density at radius 2 is 2.00 bits per heavy atom. The van der Waals surface area contributed by atoms with E-state index in [1.165, 1.54) is 0 Å². The zero-order chi connectivity index (χ0) is 9.80. The second-order valence-electron chi connectivity index (χ2n) is 3.15. The molecule has 0 radical (unpaired) electrons. The lowest BCUT2D eigenvalue weighted by Crippen LogP contribution is -2.04. The van der Waals surface area contributed by atoms with Crippen LogP contribution in [0.25, 0.3) is 11.4 Å². The van der Waals surface area contributed by atoms with Gasteiger partial charge in [-0.15, -0.1) is 12.4 Å². The van der Waals surface area contributed by atoms with Crippen LogP contribution >= 0.6 is 12.4 Å². The minimum absolute atomic E-state index is 0. The molecule has 2 aromatic rings. The Bertz CT molecular complexity index is 397. The van der Waals surface area contributed by atoms with E-state index in [4.69, 9.17) is 0 Å². The summed E-state index contributed by atoms with van der Waals surface area (Å²) in [4.78, 5) is 7.57. The maximum Gasteiger partial charge on any atom is 0.137 e. The number of nitrogens with one attached hydrogen (secondary N) is 2. The molecule has 1 aromatic heterocycles. The Labute approximate surface area is 95.4 Å². The largest absolute Gasteiger partial charge is 0.341 e. The quantitative estimate of drug-likeness (QED) is 0.838. The Kier molecular flexibility index (Phi) is 4.34. The van der Waals surface area contributed by atoms with E-state index in [1.54, 1.807) is 0 Å². The minimum atomic E-state index is 0. The van der Waals surface area contributed by atoms with Crippen molar-refractivity contribution in [3.63, 3.8) is 0 Å². The second-order valence-corrected chi connectivity index (χ2v) is 3.15. The van der Waals surface area contributed by atoms with Gasteiger partial charge in [0.25, 0.3) is 0 Å². The lowest BCUT2D eigenvalue weighted by Gasteiger charge is -1.95. The van der Waals surface area contributed by atoms with Crippen LogP contribution in [0.2, 0.25) is 0 Å². The second kappa shape index (κ2) is 5.53. The molecule has 1 aromatic carbocycles. The van der Waals surface area contributed by atoms with E-state index < -0.39 is 0 Å². The van der Waals surface area contributed by atoms with Gasteiger partial charge in [0.15, 0.2) is 0 Å². The standard InChI is InChI=1S/C11H13N3.ClH/c1-12-7-10-8-13-11(14-10)9-5-3-2-4-6-9;/h2-6,8,12H,7H2,1H3,(H,13,14);1H. The van der Waals surface area contributed by atoms with Gasteiger partial charge < -0.3 is 10.3 Å². The molecular weight excluding hydrogens is 210 g/mol. The summed E-state index contributed by atoms with van der Waals surface area (Å²) in [6.45, 7) is 0.819. The molecular formula is C11H14ClN3. The van der Waals surface area contributed by atoms with Gasteiger partial charge in [-0.25, -0.2) is 4.98 Å². The molecule has 0 aliphatic rings. The van der Waals surface area contributed by atoms with Crippen LogP contribution in [0.1, 0.15) is 5.69 Å². The molecule has 4 heteroatoms. The zero-order valence-corrected chi connectivity index (χ0v) is 9.34. The lowest BCUT2D eigenvalue weighted by molar-refractivity contribution is 0.797. The van der Waals surface area contributed by atoms with Crippen molar-refractivity contribution in [3.05, 3.63) is 42.2 Å². The smallest absolute Gasteiger partial charge is 0.137 e. The van der Waals surface area contributed by atoms with E-state index in [2.05, 4.69) is 15.3 Å². The normalized spacial score (nSPS) is 9.67. The Hall–Kier alpha value is -1.32. The molecule has 0 atom stereocenters. The molecule has 0 aliphatic heterocycles. The highest BCUT2D eigenvalue weighted by Gasteiger charge is 2.01. The third-order valence-electron chi connectivity index (χ3n) is 2.04. The van der Waals surface area contributed by atoms with Crippen molar-refractivity contribution in [1.29, 1.82) is 0 Å². The van der Waals surface area contributed by atoms with Crippen LogP contribution in [0.3, 0.4) is 0 Å². The summed E-state index contributed by atoms with van der Waals surface area (Å²) in [6.07, 6.45) is 1.86. The van der Waals surface area contributed by atoms with Crippen molar-refractivity contribution in [2.45, 2.75) is 6.54 Å². The zero-order valence-electron chi connectivity index (χ0n) is 8.53. The summed E-state index contributed by atoms with van der Waals surface area (Å²) in [6, 6.07) is 10.1. The molecule has 0 fully saturated rings. The van der Waals surface area contributed by atoms with Crippen LogP contribution in [0.15, 0.2) is 36.5 Å². The van der Waals surface area contributed by atoms with E-state index in [0.29, 0.717) is 0 Å². The number of H-pyrrole nitrogens is 1. The number of aromatic amines is 1. The summed E-state index contributed by atoms with van der Waals surface area (Å²) in [5, 5.41) is 3.08. The Balaban J connectivity index is 0.00000112. The van der Waals surface area contributed by atoms with Gasteiger partial charge in [0.2, 0.25) is 0 Å². The number of benzene rings is 1. The summed E-state index contributed by atoms with van der Waals surface area (Å²) in [5.74, 6) is 0.927. The Morgan fingerprint density at radius 1 is 1.27 bits per heavy atom. The van der Waals surface area contributed by atoms with E-state index in [1.807, 2.05) is 43.6 Å². The summed E-state index contributed by atoms with van der Waals surface area (Å²) in [7, 11) is 1.92. The minimum Gasteiger partial charge on any atom is -0.341 e. The number of halogens is 1. The van der Waals surface area contributed by atoms with Crippen molar-refractivity contribution in [2.75, 3.05) is 7.05 Å². The van der Waals surface area contributed by atoms with E-state index in [-0.39, 0.29) is 12.4 Å². The highest BCUT2D eigenvalue weighted by molar-refractivity contribution is 5.85. The number of nitrogens with zero attached hydrogens (tertiary/aromatic N) is 1. The van der Waals surface area contributed by atoms with Crippen molar-refractivity contribution < 1.29 is 0 Å². The first-order chi connectivity index (χ1) is 6.90. The average molecular weight is 224 g/mol. The van der Waals surface area contributed by atoms with Gasteiger partial charge in [-0.05, 0) is 7.05 Å². The first kappa shape index (κ1) is 11.8. The van der Waals surface area contributed by atoms with Crippen LogP contribution in [0.4, 0.5) is 0 Å². The van der Waals surface area contributed by atoms with Gasteiger partial charge in [-0.1, -0.05) is 30.3 Å². The SMILES string of the molecule is CNCc1cnc(-c2ccccc2)[nH]1.Cl.